The van der Waals surface area contributed by atoms with Crippen LogP contribution < -0.4 is 5.32 Å². The number of allylic oxidation sites excluding steroid dienone is 1. The average molecular weight is 462 g/mol. The molecule has 6 unspecified atom stereocenters. The summed E-state index contributed by atoms with van der Waals surface area (Å²) in [6.07, 6.45) is 8.41. The molecule has 0 radical (unpaired) electrons. The van der Waals surface area contributed by atoms with Gasteiger partial charge in [-0.3, -0.25) is 4.79 Å². The maximum absolute atomic E-state index is 13.3. The van der Waals surface area contributed by atoms with Crippen molar-refractivity contribution in [1.29, 1.82) is 0 Å². The number of nitrogens with one attached hydrogen (secondary N) is 1. The first-order chi connectivity index (χ1) is 15.5. The van der Waals surface area contributed by atoms with Gasteiger partial charge in [-0.2, -0.15) is 0 Å². The molecule has 0 spiro atoms. The van der Waals surface area contributed by atoms with E-state index in [1.807, 2.05) is 11.9 Å². The van der Waals surface area contributed by atoms with Crippen LogP contribution in [0.3, 0.4) is 0 Å². The Balaban J connectivity index is 2.96. The monoisotopic (exact) mass is 461 g/mol. The number of carbonyl (C=O) groups excluding carboxylic acids is 1. The summed E-state index contributed by atoms with van der Waals surface area (Å²) in [6, 6.07) is 0.590. The van der Waals surface area contributed by atoms with Crippen LogP contribution in [0.1, 0.15) is 93.9 Å². The Morgan fingerprint density at radius 2 is 1.70 bits per heavy atom. The molecule has 0 aliphatic carbocycles. The van der Waals surface area contributed by atoms with Crippen LogP contribution in [0.4, 0.5) is 0 Å². The minimum absolute atomic E-state index is 0.163. The smallest absolute Gasteiger partial charge is 0.245 e. The van der Waals surface area contributed by atoms with E-state index in [1.165, 1.54) is 25.0 Å². The molecule has 33 heavy (non-hydrogen) atoms. The van der Waals surface area contributed by atoms with Gasteiger partial charge in [-0.05, 0) is 61.5 Å². The van der Waals surface area contributed by atoms with Crippen molar-refractivity contribution in [3.63, 3.8) is 0 Å². The van der Waals surface area contributed by atoms with Crippen molar-refractivity contribution < 1.29 is 4.79 Å². The Kier molecular flexibility index (Phi) is 12.6. The van der Waals surface area contributed by atoms with E-state index in [9.17, 15) is 4.79 Å². The van der Waals surface area contributed by atoms with Gasteiger partial charge in [-0.1, -0.05) is 81.4 Å². The largest absolute Gasteiger partial charge is 0.380 e. The summed E-state index contributed by atoms with van der Waals surface area (Å²) >= 11 is 0. The second kappa shape index (κ2) is 14.1. The Labute approximate surface area is 206 Å². The third-order valence-corrected chi connectivity index (χ3v) is 8.33. The van der Waals surface area contributed by atoms with Crippen molar-refractivity contribution >= 4 is 5.91 Å². The zero-order valence-corrected chi connectivity index (χ0v) is 23.4. The number of rotatable bonds is 15. The lowest BCUT2D eigenvalue weighted by atomic mass is 9.76. The first kappa shape index (κ1) is 29.6. The molecule has 1 N–H and O–H groups in total. The molecule has 0 saturated carbocycles. The van der Waals surface area contributed by atoms with Crippen LogP contribution in [-0.2, 0) is 4.79 Å². The number of hydrogen-bond donors (Lipinski definition) is 1. The first-order valence-electron chi connectivity index (χ1n) is 13.6. The molecule has 192 valence electrons. The van der Waals surface area contributed by atoms with Gasteiger partial charge in [-0.25, -0.2) is 0 Å². The summed E-state index contributed by atoms with van der Waals surface area (Å²) < 4.78 is 0. The van der Waals surface area contributed by atoms with Crippen LogP contribution in [0.5, 0.6) is 0 Å². The van der Waals surface area contributed by atoms with Crippen molar-refractivity contribution in [3.8, 4) is 0 Å². The van der Waals surface area contributed by atoms with Crippen LogP contribution in [-0.4, -0.2) is 47.4 Å². The van der Waals surface area contributed by atoms with E-state index in [-0.39, 0.29) is 23.9 Å². The van der Waals surface area contributed by atoms with Gasteiger partial charge in [0.1, 0.15) is 6.04 Å². The highest BCUT2D eigenvalue weighted by Crippen LogP contribution is 2.38. The molecule has 1 rings (SSSR count). The maximum atomic E-state index is 13.3. The van der Waals surface area contributed by atoms with E-state index < -0.39 is 0 Å². The van der Waals surface area contributed by atoms with Gasteiger partial charge in [0.05, 0.1) is 0 Å². The van der Waals surface area contributed by atoms with E-state index in [0.29, 0.717) is 23.8 Å². The van der Waals surface area contributed by atoms with Crippen molar-refractivity contribution in [2.45, 2.75) is 112 Å². The van der Waals surface area contributed by atoms with Crippen LogP contribution >= 0.6 is 0 Å². The molecule has 6 atom stereocenters. The average Bonchev–Trinajstić information content (AvgIpc) is 3.25. The van der Waals surface area contributed by atoms with Gasteiger partial charge < -0.3 is 15.1 Å². The highest BCUT2D eigenvalue weighted by molar-refractivity contribution is 5.82. The molecule has 1 saturated heterocycles. The number of amides is 1. The standard InChI is InChI=1S/C29H55N3O/c1-12-22(8)25(31(11)29(33)28(21(6)7)30-14-3)18-17-24(10)32-19-15-16-26(32)27(20(4)5)23(9)13-2/h14,20-23,25-28,30H,3,10,12-13,15-19H2,1-2,4-9,11H3. The second-order valence-electron chi connectivity index (χ2n) is 11.2. The van der Waals surface area contributed by atoms with Gasteiger partial charge in [0, 0.05) is 31.4 Å². The third kappa shape index (κ3) is 7.79. The lowest BCUT2D eigenvalue weighted by Gasteiger charge is -2.40. The van der Waals surface area contributed by atoms with Crippen molar-refractivity contribution in [2.75, 3.05) is 13.6 Å². The molecule has 1 aliphatic heterocycles. The van der Waals surface area contributed by atoms with Gasteiger partial charge in [0.2, 0.25) is 5.91 Å². The number of hydrogen-bond acceptors (Lipinski definition) is 3. The van der Waals surface area contributed by atoms with Crippen molar-refractivity contribution in [2.24, 2.45) is 29.6 Å². The molecule has 4 heteroatoms. The van der Waals surface area contributed by atoms with Crippen LogP contribution in [0.25, 0.3) is 0 Å². The predicted molar refractivity (Wildman–Crippen MR) is 144 cm³/mol. The highest BCUT2D eigenvalue weighted by atomic mass is 16.2. The lowest BCUT2D eigenvalue weighted by Crippen LogP contribution is -2.51. The van der Waals surface area contributed by atoms with E-state index >= 15 is 0 Å². The fourth-order valence-electron chi connectivity index (χ4n) is 5.99. The van der Waals surface area contributed by atoms with E-state index in [1.54, 1.807) is 6.20 Å². The Morgan fingerprint density at radius 3 is 2.18 bits per heavy atom. The van der Waals surface area contributed by atoms with E-state index in [2.05, 4.69) is 78.8 Å². The first-order valence-corrected chi connectivity index (χ1v) is 13.6. The molecule has 4 nitrogen and oxygen atoms in total. The fourth-order valence-corrected chi connectivity index (χ4v) is 5.99. The summed E-state index contributed by atoms with van der Waals surface area (Å²) in [5.41, 5.74) is 1.27. The van der Waals surface area contributed by atoms with E-state index in [4.69, 9.17) is 0 Å². The molecule has 1 heterocycles. The summed E-state index contributed by atoms with van der Waals surface area (Å²) in [5, 5.41) is 3.18. The Bertz CT molecular complexity index is 614. The summed E-state index contributed by atoms with van der Waals surface area (Å²) in [4.78, 5) is 18.0. The van der Waals surface area contributed by atoms with Gasteiger partial charge in [-0.15, -0.1) is 0 Å². The Morgan fingerprint density at radius 1 is 1.09 bits per heavy atom. The maximum Gasteiger partial charge on any atom is 0.245 e. The van der Waals surface area contributed by atoms with Gasteiger partial charge in [0.25, 0.3) is 0 Å². The lowest BCUT2D eigenvalue weighted by molar-refractivity contribution is -0.136. The summed E-state index contributed by atoms with van der Waals surface area (Å²) in [5.74, 6) is 2.94. The zero-order valence-electron chi connectivity index (χ0n) is 23.4. The van der Waals surface area contributed by atoms with Gasteiger partial charge >= 0.3 is 0 Å². The van der Waals surface area contributed by atoms with Crippen LogP contribution in [0.2, 0.25) is 0 Å². The number of likely N-dealkylation sites (tertiary alicyclic amines) is 1. The summed E-state index contributed by atoms with van der Waals surface area (Å²) in [7, 11) is 1.98. The molecule has 0 aromatic rings. The molecule has 0 aromatic heterocycles. The van der Waals surface area contributed by atoms with Gasteiger partial charge in [0.15, 0.2) is 0 Å². The molecule has 1 aliphatic rings. The fraction of sp³-hybridized carbons (Fsp3) is 0.828. The number of nitrogens with zero attached hydrogens (tertiary/aromatic N) is 2. The van der Waals surface area contributed by atoms with E-state index in [0.717, 1.165) is 31.7 Å². The molecule has 0 aromatic carbocycles. The van der Waals surface area contributed by atoms with Crippen molar-refractivity contribution in [3.05, 3.63) is 25.1 Å². The molecule has 1 fully saturated rings. The van der Waals surface area contributed by atoms with Crippen molar-refractivity contribution in [1.82, 2.24) is 15.1 Å². The zero-order chi connectivity index (χ0) is 25.3. The minimum Gasteiger partial charge on any atom is -0.380 e. The molecular formula is C29H55N3O. The number of carbonyl (C=O) groups is 1. The second-order valence-corrected chi connectivity index (χ2v) is 11.2. The summed E-state index contributed by atoms with van der Waals surface area (Å²) in [6.45, 7) is 27.7. The topological polar surface area (TPSA) is 35.6 Å². The Hall–Kier alpha value is -1.45. The number of likely N-dealkylation sites (N-methyl/N-ethyl adjacent to an activating group) is 1. The highest BCUT2D eigenvalue weighted by Gasteiger charge is 2.37. The predicted octanol–water partition coefficient (Wildman–Crippen LogP) is 6.69. The molecule has 0 bridgehead atoms. The quantitative estimate of drug-likeness (QED) is 0.295. The van der Waals surface area contributed by atoms with Crippen LogP contribution in [0, 0.1) is 29.6 Å². The normalized spacial score (nSPS) is 20.9. The minimum atomic E-state index is -0.229. The molecular weight excluding hydrogens is 406 g/mol. The molecule has 1 amide bonds. The van der Waals surface area contributed by atoms with Crippen LogP contribution in [0.15, 0.2) is 25.1 Å². The third-order valence-electron chi connectivity index (χ3n) is 8.33. The SMILES string of the molecule is C=CNC(C(=O)N(C)C(CCC(=C)N1CCCC1C(C(C)C)C(C)CC)C(C)CC)C(C)C.